The maximum Gasteiger partial charge on any atom is 0.555 e. The molecule has 0 aliphatic heterocycles. The molecule has 1 rings (SSSR count). The number of pyridine rings is 1. The number of phosphoric acid groups is 1. The van der Waals surface area contributed by atoms with Gasteiger partial charge in [-0.1, -0.05) is 0 Å². The quantitative estimate of drug-likeness (QED) is 0.351. The highest BCUT2D eigenvalue weighted by Gasteiger charge is 2.22. The molecule has 0 fully saturated rings. The SMILES string of the molecule is Nc1cccc(N)[n+]1OP(=O)(O)O. The molecule has 1 heterocycles. The van der Waals surface area contributed by atoms with Crippen LogP contribution in [0.4, 0.5) is 11.6 Å². The fourth-order valence-corrected chi connectivity index (χ4v) is 1.13. The Morgan fingerprint density at radius 2 is 1.77 bits per heavy atom. The molecular formula is C5H9N3O4P+. The summed E-state index contributed by atoms with van der Waals surface area (Å²) in [6.45, 7) is 0. The van der Waals surface area contributed by atoms with Crippen molar-refractivity contribution >= 4 is 19.5 Å². The lowest BCUT2D eigenvalue weighted by Crippen LogP contribution is -2.45. The summed E-state index contributed by atoms with van der Waals surface area (Å²) in [5.74, 6) is 0.00616. The summed E-state index contributed by atoms with van der Waals surface area (Å²) in [7, 11) is -4.64. The van der Waals surface area contributed by atoms with Gasteiger partial charge in [-0.3, -0.25) is 9.79 Å². The normalized spacial score (nSPS) is 11.2. The van der Waals surface area contributed by atoms with Crippen LogP contribution in [0.15, 0.2) is 18.2 Å². The highest BCUT2D eigenvalue weighted by molar-refractivity contribution is 7.46. The molecule has 0 unspecified atom stereocenters. The van der Waals surface area contributed by atoms with Gasteiger partial charge in [-0.2, -0.15) is 0 Å². The summed E-state index contributed by atoms with van der Waals surface area (Å²) in [6.07, 6.45) is 0. The summed E-state index contributed by atoms with van der Waals surface area (Å²) < 4.78 is 15.3. The lowest BCUT2D eigenvalue weighted by atomic mass is 10.4. The highest BCUT2D eigenvalue weighted by atomic mass is 31.2. The van der Waals surface area contributed by atoms with Crippen LogP contribution in [0, 0.1) is 0 Å². The average molecular weight is 206 g/mol. The molecule has 0 aromatic carbocycles. The van der Waals surface area contributed by atoms with Gasteiger partial charge in [0, 0.05) is 12.1 Å². The zero-order valence-electron chi connectivity index (χ0n) is 6.49. The van der Waals surface area contributed by atoms with Gasteiger partial charge >= 0.3 is 7.82 Å². The van der Waals surface area contributed by atoms with E-state index >= 15 is 0 Å². The molecular weight excluding hydrogens is 197 g/mol. The van der Waals surface area contributed by atoms with Gasteiger partial charge in [0.25, 0.3) is 11.6 Å². The Kier molecular flexibility index (Phi) is 2.42. The Hall–Kier alpha value is -1.30. The van der Waals surface area contributed by atoms with E-state index in [1.54, 1.807) is 0 Å². The van der Waals surface area contributed by atoms with E-state index in [0.717, 1.165) is 0 Å². The molecule has 13 heavy (non-hydrogen) atoms. The van der Waals surface area contributed by atoms with Crippen molar-refractivity contribution in [1.29, 1.82) is 0 Å². The molecule has 6 N–H and O–H groups in total. The smallest absolute Gasteiger partial charge is 0.316 e. The largest absolute Gasteiger partial charge is 0.555 e. The van der Waals surface area contributed by atoms with Crippen molar-refractivity contribution in [3.05, 3.63) is 18.2 Å². The van der Waals surface area contributed by atoms with E-state index in [-0.39, 0.29) is 11.6 Å². The molecule has 0 amide bonds. The minimum Gasteiger partial charge on any atom is -0.316 e. The summed E-state index contributed by atoms with van der Waals surface area (Å²) in [4.78, 5) is 17.0. The van der Waals surface area contributed by atoms with E-state index in [0.29, 0.717) is 4.73 Å². The van der Waals surface area contributed by atoms with Crippen molar-refractivity contribution in [2.24, 2.45) is 0 Å². The molecule has 0 aliphatic carbocycles. The molecule has 1 aromatic heterocycles. The third-order valence-electron chi connectivity index (χ3n) is 1.19. The van der Waals surface area contributed by atoms with Crippen LogP contribution < -0.4 is 20.8 Å². The average Bonchev–Trinajstić information content (AvgIpc) is 1.95. The topological polar surface area (TPSA) is 123 Å². The van der Waals surface area contributed by atoms with E-state index in [1.165, 1.54) is 18.2 Å². The van der Waals surface area contributed by atoms with E-state index in [1.807, 2.05) is 0 Å². The van der Waals surface area contributed by atoms with Crippen LogP contribution in [0.5, 0.6) is 0 Å². The van der Waals surface area contributed by atoms with Crippen molar-refractivity contribution in [2.75, 3.05) is 11.5 Å². The van der Waals surface area contributed by atoms with Crippen LogP contribution >= 0.6 is 7.82 Å². The first-order valence-electron chi connectivity index (χ1n) is 3.22. The number of nitrogens with zero attached hydrogens (tertiary/aromatic N) is 1. The molecule has 0 saturated carbocycles. The fourth-order valence-electron chi connectivity index (χ4n) is 0.730. The summed E-state index contributed by atoms with van der Waals surface area (Å²) in [5, 5.41) is 0. The van der Waals surface area contributed by atoms with E-state index in [9.17, 15) is 4.57 Å². The van der Waals surface area contributed by atoms with Gasteiger partial charge in [0.15, 0.2) is 0 Å². The fraction of sp³-hybridized carbons (Fsp3) is 0. The molecule has 0 spiro atoms. The van der Waals surface area contributed by atoms with Gasteiger partial charge in [0.1, 0.15) is 0 Å². The zero-order valence-corrected chi connectivity index (χ0v) is 7.39. The number of anilines is 2. The van der Waals surface area contributed by atoms with E-state index in [2.05, 4.69) is 4.62 Å². The second kappa shape index (κ2) is 3.21. The van der Waals surface area contributed by atoms with Gasteiger partial charge < -0.3 is 11.5 Å². The number of aromatic nitrogens is 1. The monoisotopic (exact) mass is 206 g/mol. The molecule has 72 valence electrons. The lowest BCUT2D eigenvalue weighted by molar-refractivity contribution is -0.837. The Bertz CT molecular complexity index is 343. The van der Waals surface area contributed by atoms with Crippen molar-refractivity contribution in [2.45, 2.75) is 0 Å². The second-order valence-corrected chi connectivity index (χ2v) is 3.39. The first-order valence-corrected chi connectivity index (χ1v) is 4.75. The summed E-state index contributed by atoms with van der Waals surface area (Å²) in [6, 6.07) is 4.32. The van der Waals surface area contributed by atoms with Crippen molar-refractivity contribution in [3.63, 3.8) is 0 Å². The highest BCUT2D eigenvalue weighted by Crippen LogP contribution is 2.29. The van der Waals surface area contributed by atoms with Crippen LogP contribution in [0.25, 0.3) is 0 Å². The van der Waals surface area contributed by atoms with Crippen LogP contribution in [-0.4, -0.2) is 9.79 Å². The molecule has 0 atom stereocenters. The number of nitrogen functional groups attached to an aromatic ring is 2. The minimum atomic E-state index is -4.64. The Morgan fingerprint density at radius 1 is 1.31 bits per heavy atom. The predicted octanol–water partition coefficient (Wildman–Crippen LogP) is -1.34. The van der Waals surface area contributed by atoms with Gasteiger partial charge in [0.2, 0.25) is 0 Å². The summed E-state index contributed by atoms with van der Waals surface area (Å²) in [5.41, 5.74) is 10.7. The molecule has 0 aliphatic rings. The molecule has 0 radical (unpaired) electrons. The Labute approximate surface area is 73.7 Å². The number of hydrogen-bond acceptors (Lipinski definition) is 4. The maximum absolute atomic E-state index is 10.4. The van der Waals surface area contributed by atoms with E-state index < -0.39 is 7.82 Å². The number of hydrogen-bond donors (Lipinski definition) is 4. The van der Waals surface area contributed by atoms with Gasteiger partial charge in [-0.05, 0) is 10.8 Å². The minimum absolute atomic E-state index is 0.00308. The third kappa shape index (κ3) is 2.59. The van der Waals surface area contributed by atoms with Crippen molar-refractivity contribution in [1.82, 2.24) is 0 Å². The van der Waals surface area contributed by atoms with Crippen LogP contribution in [0.1, 0.15) is 0 Å². The third-order valence-corrected chi connectivity index (χ3v) is 1.57. The van der Waals surface area contributed by atoms with Gasteiger partial charge in [-0.25, -0.2) is 9.19 Å². The molecule has 0 bridgehead atoms. The van der Waals surface area contributed by atoms with Crippen LogP contribution in [0.3, 0.4) is 0 Å². The standard InChI is InChI=1S/C5H8N3O4P/c6-4-2-1-3-5(7)8(4)12-13(9,10)11/h1-3H,(H5,6,7,9,10,11)/p+1. The van der Waals surface area contributed by atoms with Crippen molar-refractivity contribution < 1.29 is 23.7 Å². The first kappa shape index (κ1) is 9.79. The molecule has 7 nitrogen and oxygen atoms in total. The van der Waals surface area contributed by atoms with E-state index in [4.69, 9.17) is 21.3 Å². The zero-order chi connectivity index (χ0) is 10.1. The number of rotatable bonds is 2. The second-order valence-electron chi connectivity index (χ2n) is 2.24. The molecule has 8 heteroatoms. The Morgan fingerprint density at radius 3 is 2.15 bits per heavy atom. The molecule has 1 aromatic rings. The van der Waals surface area contributed by atoms with Crippen molar-refractivity contribution in [3.8, 4) is 0 Å². The van der Waals surface area contributed by atoms with Crippen LogP contribution in [0.2, 0.25) is 0 Å². The Balaban J connectivity index is 3.07. The van der Waals surface area contributed by atoms with Gasteiger partial charge in [0.05, 0.1) is 0 Å². The summed E-state index contributed by atoms with van der Waals surface area (Å²) >= 11 is 0. The lowest BCUT2D eigenvalue weighted by Gasteiger charge is -2.07. The maximum atomic E-state index is 10.4. The van der Waals surface area contributed by atoms with Gasteiger partial charge in [-0.15, -0.1) is 0 Å². The molecule has 0 saturated heterocycles. The predicted molar refractivity (Wildman–Crippen MR) is 44.1 cm³/mol. The number of nitrogens with two attached hydrogens (primary N) is 2. The first-order chi connectivity index (χ1) is 5.90. The van der Waals surface area contributed by atoms with Crippen LogP contribution in [-0.2, 0) is 4.57 Å².